The number of carbonyl (C=O) groups excluding carboxylic acids is 1. The number of methoxy groups -OCH3 is 1. The summed E-state index contributed by atoms with van der Waals surface area (Å²) in [6, 6.07) is 6.68. The van der Waals surface area contributed by atoms with Gasteiger partial charge in [-0.3, -0.25) is 14.9 Å². The summed E-state index contributed by atoms with van der Waals surface area (Å²) in [6.45, 7) is 0. The van der Waals surface area contributed by atoms with E-state index in [1.54, 1.807) is 12.1 Å². The second-order valence-electron chi connectivity index (χ2n) is 4.76. The first-order valence-electron chi connectivity index (χ1n) is 6.78. The minimum atomic E-state index is -0.970. The van der Waals surface area contributed by atoms with Gasteiger partial charge < -0.3 is 10.1 Å². The third-order valence-corrected chi connectivity index (χ3v) is 4.11. The maximum absolute atomic E-state index is 13.3. The molecule has 0 aromatic heterocycles. The molecule has 0 aliphatic rings. The van der Waals surface area contributed by atoms with E-state index in [9.17, 15) is 19.3 Å². The predicted octanol–water partition coefficient (Wildman–Crippen LogP) is 4.92. The molecule has 2 aromatic carbocycles. The van der Waals surface area contributed by atoms with Crippen LogP contribution in [0.15, 0.2) is 45.4 Å². The van der Waals surface area contributed by atoms with E-state index in [0.717, 1.165) is 16.6 Å². The molecule has 0 heterocycles. The van der Waals surface area contributed by atoms with Crippen LogP contribution in [0.3, 0.4) is 0 Å². The van der Waals surface area contributed by atoms with Crippen molar-refractivity contribution in [3.63, 3.8) is 0 Å². The Morgan fingerprint density at radius 1 is 1.32 bits per heavy atom. The molecule has 2 aromatic rings. The fourth-order valence-electron chi connectivity index (χ4n) is 2.00. The molecule has 0 atom stereocenters. The number of nitro benzene ring substituents is 1. The number of carbonyl (C=O) groups is 1. The van der Waals surface area contributed by atoms with Gasteiger partial charge in [0.2, 0.25) is 11.7 Å². The molecular formula is C16H11Br2FN2O4. The van der Waals surface area contributed by atoms with Crippen LogP contribution in [0, 0.1) is 15.9 Å². The molecule has 1 amide bonds. The van der Waals surface area contributed by atoms with Gasteiger partial charge in [-0.15, -0.1) is 0 Å². The third-order valence-electron chi connectivity index (χ3n) is 3.07. The lowest BCUT2D eigenvalue weighted by molar-refractivity contribution is -0.387. The fourth-order valence-corrected chi connectivity index (χ4v) is 3.42. The Bertz CT molecular complexity index is 871. The minimum Gasteiger partial charge on any atom is -0.495 e. The highest BCUT2D eigenvalue weighted by Crippen LogP contribution is 2.33. The first kappa shape index (κ1) is 19.1. The monoisotopic (exact) mass is 472 g/mol. The number of nitro groups is 1. The standard InChI is InChI=1S/C16H11Br2FN2O4/c1-25-16-9(6-10(17)7-12(16)18)2-5-15(22)20-11-3-4-13(19)14(8-11)21(23)24/h2-8H,1H3,(H,20,22). The number of ether oxygens (including phenoxy) is 1. The van der Waals surface area contributed by atoms with Crippen LogP contribution >= 0.6 is 31.9 Å². The molecule has 0 radical (unpaired) electrons. The zero-order valence-electron chi connectivity index (χ0n) is 12.8. The molecule has 0 spiro atoms. The van der Waals surface area contributed by atoms with Gasteiger partial charge in [0.05, 0.1) is 16.5 Å². The van der Waals surface area contributed by atoms with Crippen molar-refractivity contribution in [3.05, 3.63) is 66.8 Å². The molecule has 9 heteroatoms. The number of hydrogen-bond donors (Lipinski definition) is 1. The first-order chi connectivity index (χ1) is 11.8. The highest BCUT2D eigenvalue weighted by atomic mass is 79.9. The second kappa shape index (κ2) is 8.21. The van der Waals surface area contributed by atoms with Gasteiger partial charge in [0, 0.05) is 27.9 Å². The number of hydrogen-bond acceptors (Lipinski definition) is 4. The zero-order valence-corrected chi connectivity index (χ0v) is 15.9. The molecule has 0 bridgehead atoms. The Hall–Kier alpha value is -2.26. The van der Waals surface area contributed by atoms with Crippen molar-refractivity contribution >= 4 is 55.2 Å². The summed E-state index contributed by atoms with van der Waals surface area (Å²) in [7, 11) is 1.50. The number of benzene rings is 2. The molecule has 0 saturated heterocycles. The van der Waals surface area contributed by atoms with Crippen molar-refractivity contribution in [3.8, 4) is 5.75 Å². The Kier molecular flexibility index (Phi) is 6.27. The summed E-state index contributed by atoms with van der Waals surface area (Å²) < 4.78 is 20.1. The third kappa shape index (κ3) is 4.86. The average Bonchev–Trinajstić information content (AvgIpc) is 2.54. The number of halogens is 3. The number of nitrogens with zero attached hydrogens (tertiary/aromatic N) is 1. The van der Waals surface area contributed by atoms with Crippen LogP contribution in [0.4, 0.5) is 15.8 Å². The molecule has 0 fully saturated rings. The van der Waals surface area contributed by atoms with Gasteiger partial charge in [-0.2, -0.15) is 4.39 Å². The van der Waals surface area contributed by atoms with Crippen LogP contribution in [-0.2, 0) is 4.79 Å². The van der Waals surface area contributed by atoms with E-state index in [4.69, 9.17) is 4.74 Å². The molecule has 0 aliphatic heterocycles. The summed E-state index contributed by atoms with van der Waals surface area (Å²) in [4.78, 5) is 21.9. The normalized spacial score (nSPS) is 10.7. The SMILES string of the molecule is COc1c(Br)cc(Br)cc1C=CC(=O)Nc1ccc(F)c([N+](=O)[O-])c1. The van der Waals surface area contributed by atoms with Gasteiger partial charge >= 0.3 is 5.69 Å². The zero-order chi connectivity index (χ0) is 18.6. The van der Waals surface area contributed by atoms with Gasteiger partial charge in [0.1, 0.15) is 5.75 Å². The van der Waals surface area contributed by atoms with E-state index in [1.807, 2.05) is 0 Å². The second-order valence-corrected chi connectivity index (χ2v) is 6.53. The predicted molar refractivity (Wildman–Crippen MR) is 99.1 cm³/mol. The number of rotatable bonds is 5. The highest BCUT2D eigenvalue weighted by Gasteiger charge is 2.15. The average molecular weight is 474 g/mol. The number of nitrogens with one attached hydrogen (secondary N) is 1. The first-order valence-corrected chi connectivity index (χ1v) is 8.36. The van der Waals surface area contributed by atoms with E-state index in [0.29, 0.717) is 15.8 Å². The van der Waals surface area contributed by atoms with Crippen molar-refractivity contribution in [2.24, 2.45) is 0 Å². The lowest BCUT2D eigenvalue weighted by Crippen LogP contribution is -2.08. The van der Waals surface area contributed by atoms with Crippen LogP contribution in [0.5, 0.6) is 5.75 Å². The van der Waals surface area contributed by atoms with Gasteiger partial charge in [-0.25, -0.2) is 0 Å². The highest BCUT2D eigenvalue weighted by molar-refractivity contribution is 9.11. The van der Waals surface area contributed by atoms with Crippen LogP contribution in [-0.4, -0.2) is 17.9 Å². The maximum atomic E-state index is 13.3. The van der Waals surface area contributed by atoms with Crippen molar-refractivity contribution in [1.29, 1.82) is 0 Å². The fraction of sp³-hybridized carbons (Fsp3) is 0.0625. The molecule has 25 heavy (non-hydrogen) atoms. The van der Waals surface area contributed by atoms with Crippen LogP contribution in [0.2, 0.25) is 0 Å². The van der Waals surface area contributed by atoms with E-state index >= 15 is 0 Å². The van der Waals surface area contributed by atoms with E-state index in [1.165, 1.54) is 25.3 Å². The number of amides is 1. The molecule has 0 aliphatic carbocycles. The van der Waals surface area contributed by atoms with Crippen molar-refractivity contribution in [1.82, 2.24) is 0 Å². The minimum absolute atomic E-state index is 0.116. The molecule has 130 valence electrons. The van der Waals surface area contributed by atoms with Crippen LogP contribution < -0.4 is 10.1 Å². The lowest BCUT2D eigenvalue weighted by Gasteiger charge is -2.08. The van der Waals surface area contributed by atoms with Gasteiger partial charge in [0.25, 0.3) is 0 Å². The van der Waals surface area contributed by atoms with Crippen LogP contribution in [0.25, 0.3) is 6.08 Å². The van der Waals surface area contributed by atoms with Crippen molar-refractivity contribution in [2.75, 3.05) is 12.4 Å². The molecule has 1 N–H and O–H groups in total. The van der Waals surface area contributed by atoms with Gasteiger partial charge in [-0.05, 0) is 46.3 Å². The van der Waals surface area contributed by atoms with Crippen molar-refractivity contribution in [2.45, 2.75) is 0 Å². The van der Waals surface area contributed by atoms with Gasteiger partial charge in [-0.1, -0.05) is 15.9 Å². The Morgan fingerprint density at radius 3 is 2.68 bits per heavy atom. The van der Waals surface area contributed by atoms with Crippen LogP contribution in [0.1, 0.15) is 5.56 Å². The van der Waals surface area contributed by atoms with Crippen molar-refractivity contribution < 1.29 is 18.8 Å². The molecule has 0 unspecified atom stereocenters. The Labute approximate surface area is 159 Å². The quantitative estimate of drug-likeness (QED) is 0.379. The number of anilines is 1. The smallest absolute Gasteiger partial charge is 0.306 e. The summed E-state index contributed by atoms with van der Waals surface area (Å²) >= 11 is 6.70. The summed E-state index contributed by atoms with van der Waals surface area (Å²) in [5.74, 6) is -0.953. The Balaban J connectivity index is 2.20. The molecular weight excluding hydrogens is 463 g/mol. The molecule has 2 rings (SSSR count). The Morgan fingerprint density at radius 2 is 2.04 bits per heavy atom. The van der Waals surface area contributed by atoms with Gasteiger partial charge in [0.15, 0.2) is 0 Å². The van der Waals surface area contributed by atoms with E-state index in [2.05, 4.69) is 37.2 Å². The summed E-state index contributed by atoms with van der Waals surface area (Å²) in [6.07, 6.45) is 2.77. The lowest BCUT2D eigenvalue weighted by atomic mass is 10.2. The molecule has 6 nitrogen and oxygen atoms in total. The topological polar surface area (TPSA) is 81.5 Å². The maximum Gasteiger partial charge on any atom is 0.306 e. The summed E-state index contributed by atoms with van der Waals surface area (Å²) in [5, 5.41) is 13.2. The van der Waals surface area contributed by atoms with E-state index < -0.39 is 22.3 Å². The van der Waals surface area contributed by atoms with E-state index in [-0.39, 0.29) is 5.69 Å². The molecule has 0 saturated carbocycles. The largest absolute Gasteiger partial charge is 0.495 e. The summed E-state index contributed by atoms with van der Waals surface area (Å²) in [5.41, 5.74) is 0.0495.